The van der Waals surface area contributed by atoms with Crippen LogP contribution in [0, 0.1) is 0 Å². The molecule has 3 nitrogen and oxygen atoms in total. The number of fused-ring (bicyclic) bond motifs is 1. The van der Waals surface area contributed by atoms with E-state index in [1.807, 2.05) is 18.4 Å². The van der Waals surface area contributed by atoms with E-state index in [2.05, 4.69) is 43.5 Å². The number of furan rings is 1. The van der Waals surface area contributed by atoms with E-state index in [1.54, 1.807) is 0 Å². The van der Waals surface area contributed by atoms with Crippen molar-refractivity contribution in [3.63, 3.8) is 0 Å². The molecule has 0 radical (unpaired) electrons. The molecular weight excluding hydrogens is 236 g/mol. The van der Waals surface area contributed by atoms with E-state index in [0.717, 1.165) is 31.8 Å². The molecule has 0 unspecified atom stereocenters. The van der Waals surface area contributed by atoms with Crippen molar-refractivity contribution >= 4 is 11.0 Å². The molecule has 3 heteroatoms. The van der Waals surface area contributed by atoms with Crippen LogP contribution >= 0.6 is 0 Å². The van der Waals surface area contributed by atoms with Gasteiger partial charge in [0.1, 0.15) is 5.58 Å². The van der Waals surface area contributed by atoms with Crippen LogP contribution in [0.4, 0.5) is 0 Å². The maximum Gasteiger partial charge on any atom is 0.134 e. The fourth-order valence-electron chi connectivity index (χ4n) is 2.35. The molecular formula is C16H24N2O. The van der Waals surface area contributed by atoms with Crippen LogP contribution in [0.15, 0.2) is 34.9 Å². The van der Waals surface area contributed by atoms with E-state index < -0.39 is 0 Å². The van der Waals surface area contributed by atoms with Crippen molar-refractivity contribution in [3.05, 3.63) is 36.1 Å². The Hall–Kier alpha value is -1.32. The van der Waals surface area contributed by atoms with Gasteiger partial charge in [0.05, 0.1) is 6.26 Å². The van der Waals surface area contributed by atoms with Gasteiger partial charge in [-0.25, -0.2) is 0 Å². The van der Waals surface area contributed by atoms with E-state index in [4.69, 9.17) is 4.42 Å². The van der Waals surface area contributed by atoms with Crippen LogP contribution in [-0.2, 0) is 5.41 Å². The fourth-order valence-corrected chi connectivity index (χ4v) is 2.35. The van der Waals surface area contributed by atoms with Crippen LogP contribution in [0.3, 0.4) is 0 Å². The number of nitrogens with one attached hydrogen (secondary N) is 2. The molecule has 2 rings (SSSR count). The first-order valence-corrected chi connectivity index (χ1v) is 7.03. The molecule has 0 spiro atoms. The highest BCUT2D eigenvalue weighted by Gasteiger charge is 2.24. The lowest BCUT2D eigenvalue weighted by Gasteiger charge is -2.24. The SMILES string of the molecule is CCNCCNCC(C)(C)c1coc2ccccc12. The van der Waals surface area contributed by atoms with Crippen molar-refractivity contribution < 1.29 is 4.42 Å². The summed E-state index contributed by atoms with van der Waals surface area (Å²) in [6.07, 6.45) is 1.90. The van der Waals surface area contributed by atoms with Crippen LogP contribution in [0.2, 0.25) is 0 Å². The van der Waals surface area contributed by atoms with Crippen molar-refractivity contribution in [1.29, 1.82) is 0 Å². The second kappa shape index (κ2) is 6.22. The summed E-state index contributed by atoms with van der Waals surface area (Å²) in [5, 5.41) is 8.05. The zero-order valence-electron chi connectivity index (χ0n) is 12.1. The van der Waals surface area contributed by atoms with Gasteiger partial charge in [-0.2, -0.15) is 0 Å². The molecule has 1 aromatic carbocycles. The lowest BCUT2D eigenvalue weighted by molar-refractivity contribution is 0.461. The monoisotopic (exact) mass is 260 g/mol. The average Bonchev–Trinajstić information content (AvgIpc) is 2.83. The van der Waals surface area contributed by atoms with Gasteiger partial charge in [-0.3, -0.25) is 0 Å². The van der Waals surface area contributed by atoms with Crippen LogP contribution < -0.4 is 10.6 Å². The smallest absolute Gasteiger partial charge is 0.134 e. The molecule has 0 amide bonds. The lowest BCUT2D eigenvalue weighted by atomic mass is 9.84. The number of benzene rings is 1. The average molecular weight is 260 g/mol. The number of hydrogen-bond donors (Lipinski definition) is 2. The maximum atomic E-state index is 5.64. The maximum absolute atomic E-state index is 5.64. The van der Waals surface area contributed by atoms with Gasteiger partial charge in [-0.05, 0) is 12.6 Å². The minimum Gasteiger partial charge on any atom is -0.464 e. The highest BCUT2D eigenvalue weighted by Crippen LogP contribution is 2.31. The second-order valence-corrected chi connectivity index (χ2v) is 5.56. The largest absolute Gasteiger partial charge is 0.464 e. The van der Waals surface area contributed by atoms with Crippen LogP contribution in [0.25, 0.3) is 11.0 Å². The molecule has 2 aromatic rings. The van der Waals surface area contributed by atoms with E-state index in [9.17, 15) is 0 Å². The van der Waals surface area contributed by atoms with E-state index in [0.29, 0.717) is 0 Å². The third-order valence-electron chi connectivity index (χ3n) is 3.51. The Labute approximate surface area is 115 Å². The minimum absolute atomic E-state index is 0.0683. The van der Waals surface area contributed by atoms with E-state index >= 15 is 0 Å². The topological polar surface area (TPSA) is 37.2 Å². The number of para-hydroxylation sites is 1. The highest BCUT2D eigenvalue weighted by molar-refractivity contribution is 5.82. The normalized spacial score (nSPS) is 12.2. The Morgan fingerprint density at radius 2 is 1.84 bits per heavy atom. The Balaban J connectivity index is 2.02. The van der Waals surface area contributed by atoms with Crippen LogP contribution in [0.5, 0.6) is 0 Å². The first kappa shape index (κ1) is 14.1. The summed E-state index contributed by atoms with van der Waals surface area (Å²) >= 11 is 0. The molecule has 0 atom stereocenters. The zero-order valence-corrected chi connectivity index (χ0v) is 12.1. The van der Waals surface area contributed by atoms with Gasteiger partial charge in [0, 0.05) is 36.0 Å². The Morgan fingerprint density at radius 1 is 1.11 bits per heavy atom. The van der Waals surface area contributed by atoms with E-state index in [-0.39, 0.29) is 5.41 Å². The summed E-state index contributed by atoms with van der Waals surface area (Å²) in [4.78, 5) is 0. The summed E-state index contributed by atoms with van der Waals surface area (Å²) < 4.78 is 5.64. The van der Waals surface area contributed by atoms with Gasteiger partial charge in [0.15, 0.2) is 0 Å². The van der Waals surface area contributed by atoms with Gasteiger partial charge in [-0.15, -0.1) is 0 Å². The molecule has 0 aliphatic rings. The van der Waals surface area contributed by atoms with Gasteiger partial charge in [-0.1, -0.05) is 39.0 Å². The van der Waals surface area contributed by atoms with Crippen molar-refractivity contribution in [2.24, 2.45) is 0 Å². The third kappa shape index (κ3) is 3.37. The molecule has 0 saturated carbocycles. The third-order valence-corrected chi connectivity index (χ3v) is 3.51. The fraction of sp³-hybridized carbons (Fsp3) is 0.500. The molecule has 0 fully saturated rings. The Bertz CT molecular complexity index is 516. The van der Waals surface area contributed by atoms with Gasteiger partial charge in [0.2, 0.25) is 0 Å². The van der Waals surface area contributed by atoms with Gasteiger partial charge in [0.25, 0.3) is 0 Å². The number of hydrogen-bond acceptors (Lipinski definition) is 3. The Kier molecular flexibility index (Phi) is 4.61. The lowest BCUT2D eigenvalue weighted by Crippen LogP contribution is -2.36. The predicted octanol–water partition coefficient (Wildman–Crippen LogP) is 2.91. The van der Waals surface area contributed by atoms with Crippen molar-refractivity contribution in [2.75, 3.05) is 26.2 Å². The van der Waals surface area contributed by atoms with Crippen LogP contribution in [0.1, 0.15) is 26.3 Å². The summed E-state index contributed by atoms with van der Waals surface area (Å²) in [7, 11) is 0. The zero-order chi connectivity index (χ0) is 13.7. The molecule has 0 aliphatic carbocycles. The van der Waals surface area contributed by atoms with Gasteiger partial charge < -0.3 is 15.1 Å². The minimum atomic E-state index is 0.0683. The quantitative estimate of drug-likeness (QED) is 0.752. The van der Waals surface area contributed by atoms with Crippen LogP contribution in [-0.4, -0.2) is 26.2 Å². The van der Waals surface area contributed by atoms with E-state index in [1.165, 1.54) is 10.9 Å². The molecule has 1 heterocycles. The summed E-state index contributed by atoms with van der Waals surface area (Å²) in [5.74, 6) is 0. The molecule has 19 heavy (non-hydrogen) atoms. The molecule has 0 bridgehead atoms. The first-order chi connectivity index (χ1) is 9.15. The standard InChI is InChI=1S/C16H24N2O/c1-4-17-9-10-18-12-16(2,3)14-11-19-15-8-6-5-7-13(14)15/h5-8,11,17-18H,4,9-10,12H2,1-3H3. The number of likely N-dealkylation sites (N-methyl/N-ethyl adjacent to an activating group) is 1. The predicted molar refractivity (Wildman–Crippen MR) is 80.7 cm³/mol. The molecule has 0 aliphatic heterocycles. The second-order valence-electron chi connectivity index (χ2n) is 5.56. The first-order valence-electron chi connectivity index (χ1n) is 7.03. The molecule has 1 aromatic heterocycles. The molecule has 2 N–H and O–H groups in total. The number of rotatable bonds is 7. The van der Waals surface area contributed by atoms with Crippen molar-refractivity contribution in [1.82, 2.24) is 10.6 Å². The molecule has 104 valence electrons. The molecule has 0 saturated heterocycles. The highest BCUT2D eigenvalue weighted by atomic mass is 16.3. The summed E-state index contributed by atoms with van der Waals surface area (Å²) in [6.45, 7) is 10.6. The van der Waals surface area contributed by atoms with Crippen molar-refractivity contribution in [3.8, 4) is 0 Å². The van der Waals surface area contributed by atoms with Crippen molar-refractivity contribution in [2.45, 2.75) is 26.2 Å². The summed E-state index contributed by atoms with van der Waals surface area (Å²) in [5.41, 5.74) is 2.32. The Morgan fingerprint density at radius 3 is 2.63 bits per heavy atom. The van der Waals surface area contributed by atoms with Gasteiger partial charge >= 0.3 is 0 Å². The summed E-state index contributed by atoms with van der Waals surface area (Å²) in [6, 6.07) is 8.23.